The Bertz CT molecular complexity index is 656. The molecule has 0 bridgehead atoms. The van der Waals surface area contributed by atoms with Crippen molar-refractivity contribution in [3.8, 4) is 0 Å². The van der Waals surface area contributed by atoms with Crippen LogP contribution in [0.3, 0.4) is 0 Å². The number of rotatable bonds is 4. The molecule has 0 aliphatic carbocycles. The maximum absolute atomic E-state index is 6.29. The number of aromatic nitrogens is 2. The third-order valence-electron chi connectivity index (χ3n) is 3.11. The highest BCUT2D eigenvalue weighted by molar-refractivity contribution is 7.05. The van der Waals surface area contributed by atoms with Crippen molar-refractivity contribution in [3.63, 3.8) is 0 Å². The van der Waals surface area contributed by atoms with Gasteiger partial charge >= 0.3 is 0 Å². The average molecular weight is 273 g/mol. The van der Waals surface area contributed by atoms with E-state index >= 15 is 0 Å². The van der Waals surface area contributed by atoms with Gasteiger partial charge in [-0.25, -0.2) is 0 Å². The minimum Gasteiger partial charge on any atom is -0.459 e. The van der Waals surface area contributed by atoms with E-state index in [-0.39, 0.29) is 6.04 Å². The monoisotopic (exact) mass is 273 g/mol. The van der Waals surface area contributed by atoms with Crippen LogP contribution < -0.4 is 5.73 Å². The Balaban J connectivity index is 1.98. The molecule has 98 valence electrons. The number of fused-ring (bicyclic) bond motifs is 1. The molecule has 0 saturated carbocycles. The lowest BCUT2D eigenvalue weighted by Crippen LogP contribution is -2.11. The first-order chi connectivity index (χ1) is 9.29. The number of nitrogens with zero attached hydrogens (tertiary/aromatic N) is 2. The maximum Gasteiger partial charge on any atom is 0.134 e. The minimum atomic E-state index is -0.283. The van der Waals surface area contributed by atoms with E-state index in [1.807, 2.05) is 30.3 Å². The molecule has 1 aromatic carbocycles. The first-order valence-electron chi connectivity index (χ1n) is 6.34. The van der Waals surface area contributed by atoms with Crippen LogP contribution >= 0.6 is 11.5 Å². The minimum absolute atomic E-state index is 0.283. The van der Waals surface area contributed by atoms with Crippen LogP contribution in [0, 0.1) is 0 Å². The van der Waals surface area contributed by atoms with Gasteiger partial charge in [0.15, 0.2) is 0 Å². The van der Waals surface area contributed by atoms with Gasteiger partial charge < -0.3 is 10.2 Å². The summed E-state index contributed by atoms with van der Waals surface area (Å²) in [7, 11) is 0. The number of aryl methyl sites for hydroxylation is 1. The molecule has 0 aliphatic heterocycles. The molecule has 1 unspecified atom stereocenters. The second-order valence-corrected chi connectivity index (χ2v) is 5.28. The van der Waals surface area contributed by atoms with Crippen LogP contribution in [0.1, 0.15) is 35.7 Å². The van der Waals surface area contributed by atoms with Crippen molar-refractivity contribution in [3.05, 3.63) is 46.7 Å². The summed E-state index contributed by atoms with van der Waals surface area (Å²) in [6, 6.07) is 9.63. The summed E-state index contributed by atoms with van der Waals surface area (Å²) in [6.45, 7) is 2.12. The summed E-state index contributed by atoms with van der Waals surface area (Å²) in [5.41, 5.74) is 8.14. The second kappa shape index (κ2) is 5.11. The SMILES string of the molecule is CCCc1nnsc1C(N)c1cc2ccccc2o1. The van der Waals surface area contributed by atoms with Crippen LogP contribution in [0.15, 0.2) is 34.7 Å². The fourth-order valence-corrected chi connectivity index (χ4v) is 2.85. The van der Waals surface area contributed by atoms with Gasteiger partial charge in [0.25, 0.3) is 0 Å². The number of nitrogens with two attached hydrogens (primary N) is 1. The van der Waals surface area contributed by atoms with Crippen LogP contribution in [-0.2, 0) is 6.42 Å². The van der Waals surface area contributed by atoms with E-state index in [1.54, 1.807) is 0 Å². The summed E-state index contributed by atoms with van der Waals surface area (Å²) in [5.74, 6) is 0.768. The summed E-state index contributed by atoms with van der Waals surface area (Å²) in [4.78, 5) is 1.00. The van der Waals surface area contributed by atoms with Gasteiger partial charge in [-0.3, -0.25) is 0 Å². The Morgan fingerprint density at radius 3 is 3.00 bits per heavy atom. The van der Waals surface area contributed by atoms with Gasteiger partial charge in [-0.05, 0) is 30.1 Å². The molecule has 0 radical (unpaired) electrons. The van der Waals surface area contributed by atoms with E-state index < -0.39 is 0 Å². The summed E-state index contributed by atoms with van der Waals surface area (Å²) >= 11 is 1.36. The van der Waals surface area contributed by atoms with Gasteiger partial charge in [0.1, 0.15) is 17.4 Å². The van der Waals surface area contributed by atoms with Gasteiger partial charge in [-0.2, -0.15) is 0 Å². The molecule has 3 rings (SSSR count). The Morgan fingerprint density at radius 1 is 1.37 bits per heavy atom. The second-order valence-electron chi connectivity index (χ2n) is 4.50. The normalized spacial score (nSPS) is 12.9. The van der Waals surface area contributed by atoms with Gasteiger partial charge in [-0.15, -0.1) is 5.10 Å². The van der Waals surface area contributed by atoms with Crippen molar-refractivity contribution >= 4 is 22.5 Å². The Labute approximate surface area is 115 Å². The van der Waals surface area contributed by atoms with Gasteiger partial charge in [0.2, 0.25) is 0 Å². The van der Waals surface area contributed by atoms with Gasteiger partial charge in [-0.1, -0.05) is 36.0 Å². The summed E-state index contributed by atoms with van der Waals surface area (Å²) in [6.07, 6.45) is 1.94. The zero-order valence-corrected chi connectivity index (χ0v) is 11.5. The summed E-state index contributed by atoms with van der Waals surface area (Å²) in [5, 5.41) is 5.23. The van der Waals surface area contributed by atoms with Crippen molar-refractivity contribution in [1.82, 2.24) is 9.59 Å². The van der Waals surface area contributed by atoms with E-state index in [4.69, 9.17) is 10.2 Å². The van der Waals surface area contributed by atoms with Crippen LogP contribution in [-0.4, -0.2) is 9.59 Å². The average Bonchev–Trinajstić information content (AvgIpc) is 3.04. The summed E-state index contributed by atoms with van der Waals surface area (Å²) < 4.78 is 9.82. The molecule has 3 aromatic rings. The third-order valence-corrected chi connectivity index (χ3v) is 3.96. The zero-order chi connectivity index (χ0) is 13.2. The molecule has 0 amide bonds. The Hall–Kier alpha value is -1.72. The Kier molecular flexibility index (Phi) is 3.31. The van der Waals surface area contributed by atoms with Crippen molar-refractivity contribution in [1.29, 1.82) is 0 Å². The zero-order valence-electron chi connectivity index (χ0n) is 10.7. The number of para-hydroxylation sites is 1. The predicted octanol–water partition coefficient (Wildman–Crippen LogP) is 3.28. The number of benzene rings is 1. The predicted molar refractivity (Wildman–Crippen MR) is 76.1 cm³/mol. The first-order valence-corrected chi connectivity index (χ1v) is 7.12. The highest BCUT2D eigenvalue weighted by atomic mass is 32.1. The maximum atomic E-state index is 6.29. The molecule has 2 aromatic heterocycles. The van der Waals surface area contributed by atoms with Gasteiger partial charge in [0.05, 0.1) is 10.6 Å². The fourth-order valence-electron chi connectivity index (χ4n) is 2.15. The molecule has 0 spiro atoms. The van der Waals surface area contributed by atoms with Crippen molar-refractivity contribution in [2.75, 3.05) is 0 Å². The highest BCUT2D eigenvalue weighted by Crippen LogP contribution is 2.29. The van der Waals surface area contributed by atoms with Crippen molar-refractivity contribution in [2.45, 2.75) is 25.8 Å². The van der Waals surface area contributed by atoms with Crippen LogP contribution in [0.2, 0.25) is 0 Å². The van der Waals surface area contributed by atoms with Crippen LogP contribution in [0.4, 0.5) is 0 Å². The fraction of sp³-hybridized carbons (Fsp3) is 0.286. The van der Waals surface area contributed by atoms with Gasteiger partial charge in [0, 0.05) is 5.39 Å². The number of hydrogen-bond acceptors (Lipinski definition) is 5. The standard InChI is InChI=1S/C14H15N3OS/c1-2-5-10-14(19-17-16-10)13(15)12-8-9-6-3-4-7-11(9)18-12/h3-4,6-8,13H,2,5,15H2,1H3. The van der Waals surface area contributed by atoms with E-state index in [0.29, 0.717) is 0 Å². The Morgan fingerprint density at radius 2 is 2.21 bits per heavy atom. The van der Waals surface area contributed by atoms with Crippen molar-refractivity contribution in [2.24, 2.45) is 5.73 Å². The molecule has 1 atom stereocenters. The van der Waals surface area contributed by atoms with Crippen molar-refractivity contribution < 1.29 is 4.42 Å². The molecule has 0 aliphatic rings. The first kappa shape index (κ1) is 12.3. The lowest BCUT2D eigenvalue weighted by molar-refractivity contribution is 0.526. The molecule has 0 fully saturated rings. The molecule has 19 heavy (non-hydrogen) atoms. The number of hydrogen-bond donors (Lipinski definition) is 1. The molecule has 2 N–H and O–H groups in total. The lowest BCUT2D eigenvalue weighted by Gasteiger charge is -2.06. The largest absolute Gasteiger partial charge is 0.459 e. The van der Waals surface area contributed by atoms with E-state index in [1.165, 1.54) is 11.5 Å². The molecule has 0 saturated heterocycles. The number of furan rings is 1. The quantitative estimate of drug-likeness (QED) is 0.792. The van der Waals surface area contributed by atoms with Crippen LogP contribution in [0.25, 0.3) is 11.0 Å². The molecule has 4 nitrogen and oxygen atoms in total. The third kappa shape index (κ3) is 2.27. The van der Waals surface area contributed by atoms with E-state index in [0.717, 1.165) is 40.1 Å². The molecule has 5 heteroatoms. The highest BCUT2D eigenvalue weighted by Gasteiger charge is 2.20. The van der Waals surface area contributed by atoms with E-state index in [9.17, 15) is 0 Å². The van der Waals surface area contributed by atoms with Crippen LogP contribution in [0.5, 0.6) is 0 Å². The molecular formula is C14H15N3OS. The lowest BCUT2D eigenvalue weighted by atomic mass is 10.1. The molecule has 2 heterocycles. The molecular weight excluding hydrogens is 258 g/mol. The topological polar surface area (TPSA) is 64.9 Å². The van der Waals surface area contributed by atoms with E-state index in [2.05, 4.69) is 16.5 Å². The smallest absolute Gasteiger partial charge is 0.134 e.